The molecule has 0 saturated heterocycles. The van der Waals surface area contributed by atoms with Crippen LogP contribution in [-0.4, -0.2) is 41.4 Å². The molecule has 3 aromatic rings. The minimum atomic E-state index is -0.709. The number of nitrogens with zero attached hydrogens (tertiary/aromatic N) is 2. The number of hydrogen-bond donors (Lipinski definition) is 1. The highest BCUT2D eigenvalue weighted by atomic mass is 16.5. The van der Waals surface area contributed by atoms with E-state index in [1.54, 1.807) is 37.4 Å². The first-order chi connectivity index (χ1) is 16.0. The summed E-state index contributed by atoms with van der Waals surface area (Å²) in [6.07, 6.45) is 1.46. The first kappa shape index (κ1) is 23.8. The number of esters is 1. The molecule has 0 fully saturated rings. The third kappa shape index (κ3) is 5.68. The molecule has 0 aliphatic heterocycles. The molecule has 0 aliphatic rings. The van der Waals surface area contributed by atoms with E-state index >= 15 is 0 Å². The van der Waals surface area contributed by atoms with Crippen LogP contribution in [0.25, 0.3) is 22.2 Å². The van der Waals surface area contributed by atoms with E-state index in [2.05, 4.69) is 10.3 Å². The number of fused-ring (bicyclic) bond motifs is 1. The maximum atomic E-state index is 13.3. The fourth-order valence-corrected chi connectivity index (χ4v) is 3.46. The molecule has 3 rings (SSSR count). The summed E-state index contributed by atoms with van der Waals surface area (Å²) in [7, 11) is 0. The number of aromatic nitrogens is 2. The molecule has 9 nitrogen and oxygen atoms in total. The van der Waals surface area contributed by atoms with Crippen LogP contribution in [0.2, 0.25) is 0 Å². The lowest BCUT2D eigenvalue weighted by molar-refractivity contribution is -0.141. The van der Waals surface area contributed by atoms with Crippen LogP contribution in [0.4, 0.5) is 10.5 Å². The fourth-order valence-electron chi connectivity index (χ4n) is 3.46. The maximum absolute atomic E-state index is 13.3. The molecule has 2 heterocycles. The molecule has 2 aromatic heterocycles. The molecule has 0 saturated carbocycles. The largest absolute Gasteiger partial charge is 0.493 e. The number of nitrogens with one attached hydrogen (secondary N) is 1. The topological polar surface area (TPSA) is 109 Å². The SMILES string of the molecule is CCOC(=O)Nc1c(-c2cccc(OCCCOC(C)=O)c2)c2cccnc2n(CC)c1=O. The number of anilines is 1. The number of pyridine rings is 2. The summed E-state index contributed by atoms with van der Waals surface area (Å²) in [5.74, 6) is 0.245. The Labute approximate surface area is 191 Å². The van der Waals surface area contributed by atoms with Crippen LogP contribution in [-0.2, 0) is 20.8 Å². The Morgan fingerprint density at radius 3 is 2.64 bits per heavy atom. The Morgan fingerprint density at radius 1 is 1.09 bits per heavy atom. The van der Waals surface area contributed by atoms with E-state index in [0.717, 1.165) is 0 Å². The van der Waals surface area contributed by atoms with Crippen LogP contribution < -0.4 is 15.6 Å². The zero-order chi connectivity index (χ0) is 23.8. The van der Waals surface area contributed by atoms with E-state index in [-0.39, 0.29) is 30.4 Å². The molecule has 0 aliphatic carbocycles. The van der Waals surface area contributed by atoms with Gasteiger partial charge in [-0.05, 0) is 43.7 Å². The minimum absolute atomic E-state index is 0.114. The average Bonchev–Trinajstić information content (AvgIpc) is 2.79. The van der Waals surface area contributed by atoms with E-state index in [4.69, 9.17) is 14.2 Å². The highest BCUT2D eigenvalue weighted by Gasteiger charge is 2.21. The first-order valence-electron chi connectivity index (χ1n) is 10.8. The van der Waals surface area contributed by atoms with Crippen LogP contribution in [0.3, 0.4) is 0 Å². The smallest absolute Gasteiger partial charge is 0.411 e. The predicted octanol–water partition coefficient (Wildman–Crippen LogP) is 3.98. The molecular weight excluding hydrogens is 426 g/mol. The lowest BCUT2D eigenvalue weighted by Gasteiger charge is -2.17. The van der Waals surface area contributed by atoms with Gasteiger partial charge in [0.25, 0.3) is 5.56 Å². The van der Waals surface area contributed by atoms with Crippen LogP contribution in [0, 0.1) is 0 Å². The third-order valence-electron chi connectivity index (χ3n) is 4.82. The quantitative estimate of drug-likeness (QED) is 0.385. The van der Waals surface area contributed by atoms with E-state index < -0.39 is 6.09 Å². The molecule has 9 heteroatoms. The number of amides is 1. The van der Waals surface area contributed by atoms with Crippen LogP contribution in [0.15, 0.2) is 47.4 Å². The van der Waals surface area contributed by atoms with Gasteiger partial charge in [0.15, 0.2) is 0 Å². The minimum Gasteiger partial charge on any atom is -0.493 e. The third-order valence-corrected chi connectivity index (χ3v) is 4.82. The Kier molecular flexibility index (Phi) is 8.01. The number of aryl methyl sites for hydroxylation is 1. The molecule has 0 radical (unpaired) electrons. The van der Waals surface area contributed by atoms with Crippen LogP contribution in [0.1, 0.15) is 27.2 Å². The lowest BCUT2D eigenvalue weighted by Crippen LogP contribution is -2.27. The summed E-state index contributed by atoms with van der Waals surface area (Å²) in [4.78, 5) is 40.8. The number of rotatable bonds is 9. The number of carbonyl (C=O) groups excluding carboxylic acids is 2. The van der Waals surface area contributed by atoms with Gasteiger partial charge in [-0.2, -0.15) is 0 Å². The monoisotopic (exact) mass is 453 g/mol. The zero-order valence-corrected chi connectivity index (χ0v) is 18.9. The summed E-state index contributed by atoms with van der Waals surface area (Å²) in [6, 6.07) is 10.9. The Hall–Kier alpha value is -3.88. The molecule has 174 valence electrons. The first-order valence-corrected chi connectivity index (χ1v) is 10.8. The van der Waals surface area contributed by atoms with Crippen molar-refractivity contribution in [1.82, 2.24) is 9.55 Å². The van der Waals surface area contributed by atoms with Crippen molar-refractivity contribution in [3.05, 3.63) is 52.9 Å². The highest BCUT2D eigenvalue weighted by molar-refractivity contribution is 6.03. The van der Waals surface area contributed by atoms with Crippen molar-refractivity contribution in [3.8, 4) is 16.9 Å². The molecule has 0 spiro atoms. The summed E-state index contributed by atoms with van der Waals surface area (Å²) in [5.41, 5.74) is 1.47. The number of ether oxygens (including phenoxy) is 3. The van der Waals surface area contributed by atoms with Gasteiger partial charge in [-0.3, -0.25) is 19.5 Å². The second-order valence-electron chi connectivity index (χ2n) is 7.09. The number of hydrogen-bond acceptors (Lipinski definition) is 7. The Bertz CT molecular complexity index is 1200. The van der Waals surface area contributed by atoms with Crippen molar-refractivity contribution in [1.29, 1.82) is 0 Å². The van der Waals surface area contributed by atoms with Crippen molar-refractivity contribution in [2.45, 2.75) is 33.7 Å². The van der Waals surface area contributed by atoms with Crippen LogP contribution in [0.5, 0.6) is 5.75 Å². The highest BCUT2D eigenvalue weighted by Crippen LogP contribution is 2.34. The van der Waals surface area contributed by atoms with Gasteiger partial charge < -0.3 is 14.2 Å². The lowest BCUT2D eigenvalue weighted by atomic mass is 10.00. The van der Waals surface area contributed by atoms with Gasteiger partial charge in [0.1, 0.15) is 17.1 Å². The van der Waals surface area contributed by atoms with E-state index in [1.807, 2.05) is 19.1 Å². The molecule has 1 N–H and O–H groups in total. The van der Waals surface area contributed by atoms with Gasteiger partial charge in [-0.1, -0.05) is 12.1 Å². The summed E-state index contributed by atoms with van der Waals surface area (Å²) >= 11 is 0. The molecule has 1 aromatic carbocycles. The van der Waals surface area contributed by atoms with Crippen molar-refractivity contribution in [2.75, 3.05) is 25.1 Å². The summed E-state index contributed by atoms with van der Waals surface area (Å²) in [5, 5.41) is 3.33. The van der Waals surface area contributed by atoms with Gasteiger partial charge >= 0.3 is 12.1 Å². The molecule has 0 unspecified atom stereocenters. The van der Waals surface area contributed by atoms with Crippen molar-refractivity contribution in [3.63, 3.8) is 0 Å². The van der Waals surface area contributed by atoms with Gasteiger partial charge in [0, 0.05) is 37.0 Å². The van der Waals surface area contributed by atoms with Gasteiger partial charge in [-0.25, -0.2) is 9.78 Å². The Morgan fingerprint density at radius 2 is 1.91 bits per heavy atom. The fraction of sp³-hybridized carbons (Fsp3) is 0.333. The van der Waals surface area contributed by atoms with Crippen LogP contribution >= 0.6 is 0 Å². The maximum Gasteiger partial charge on any atom is 0.411 e. The Balaban J connectivity index is 2.05. The van der Waals surface area contributed by atoms with Gasteiger partial charge in [-0.15, -0.1) is 0 Å². The van der Waals surface area contributed by atoms with Gasteiger partial charge in [0.05, 0.1) is 19.8 Å². The predicted molar refractivity (Wildman–Crippen MR) is 125 cm³/mol. The van der Waals surface area contributed by atoms with Crippen molar-refractivity contribution >= 4 is 28.8 Å². The standard InChI is InChI=1S/C24H27N3O6/c1-4-27-22-19(11-7-12-25-22)20(21(23(27)29)26-24(30)31-5-2)17-9-6-10-18(15-17)33-14-8-13-32-16(3)28/h6-7,9-12,15H,4-5,8,13-14H2,1-3H3,(H,26,30). The molecular formula is C24H27N3O6. The molecule has 0 bridgehead atoms. The zero-order valence-electron chi connectivity index (χ0n) is 18.9. The molecule has 1 amide bonds. The van der Waals surface area contributed by atoms with Gasteiger partial charge in [0.2, 0.25) is 0 Å². The summed E-state index contributed by atoms with van der Waals surface area (Å²) < 4.78 is 17.2. The second-order valence-corrected chi connectivity index (χ2v) is 7.09. The van der Waals surface area contributed by atoms with E-state index in [1.165, 1.54) is 11.5 Å². The number of benzene rings is 1. The molecule has 0 atom stereocenters. The van der Waals surface area contributed by atoms with Crippen molar-refractivity contribution < 1.29 is 23.8 Å². The van der Waals surface area contributed by atoms with Crippen molar-refractivity contribution in [2.24, 2.45) is 0 Å². The molecule has 33 heavy (non-hydrogen) atoms. The second kappa shape index (κ2) is 11.1. The van der Waals surface area contributed by atoms with E-state index in [0.29, 0.717) is 47.5 Å². The average molecular weight is 453 g/mol. The number of carbonyl (C=O) groups is 2. The summed E-state index contributed by atoms with van der Waals surface area (Å²) in [6.45, 7) is 6.08. The normalized spacial score (nSPS) is 10.6. The van der Waals surface area contributed by atoms with E-state index in [9.17, 15) is 14.4 Å².